The lowest BCUT2D eigenvalue weighted by Crippen LogP contribution is -2.38. The van der Waals surface area contributed by atoms with E-state index in [9.17, 15) is 8.42 Å². The molecule has 0 radical (unpaired) electrons. The number of hydrogen-bond donors (Lipinski definition) is 2. The summed E-state index contributed by atoms with van der Waals surface area (Å²) in [7, 11) is -3.55. The third kappa shape index (κ3) is 2.47. The summed E-state index contributed by atoms with van der Waals surface area (Å²) in [6, 6.07) is 3.25. The van der Waals surface area contributed by atoms with Crippen LogP contribution in [0.1, 0.15) is 19.8 Å². The first-order valence-corrected chi connectivity index (χ1v) is 7.41. The van der Waals surface area contributed by atoms with Crippen LogP contribution in [-0.4, -0.2) is 30.8 Å². The number of hydrazine groups is 1. The second-order valence-electron chi connectivity index (χ2n) is 4.59. The number of rotatable bonds is 3. The van der Waals surface area contributed by atoms with Crippen LogP contribution in [0.4, 0.5) is 5.69 Å². The molecule has 2 heterocycles. The third-order valence-electron chi connectivity index (χ3n) is 3.25. The van der Waals surface area contributed by atoms with Crippen LogP contribution in [0, 0.1) is 5.92 Å². The highest BCUT2D eigenvalue weighted by Gasteiger charge is 2.30. The molecular weight excluding hydrogens is 252 g/mol. The number of nitrogens with one attached hydrogen (secondary N) is 1. The summed E-state index contributed by atoms with van der Waals surface area (Å²) in [6.45, 7) is 3.23. The van der Waals surface area contributed by atoms with Crippen LogP contribution in [0.25, 0.3) is 0 Å². The number of piperidine rings is 1. The van der Waals surface area contributed by atoms with Gasteiger partial charge in [-0.15, -0.1) is 0 Å². The van der Waals surface area contributed by atoms with Crippen molar-refractivity contribution >= 4 is 15.7 Å². The van der Waals surface area contributed by atoms with Crippen LogP contribution >= 0.6 is 0 Å². The van der Waals surface area contributed by atoms with Gasteiger partial charge in [0.15, 0.2) is 5.03 Å². The highest BCUT2D eigenvalue weighted by atomic mass is 32.2. The first-order chi connectivity index (χ1) is 8.55. The summed E-state index contributed by atoms with van der Waals surface area (Å²) < 4.78 is 26.4. The quantitative estimate of drug-likeness (QED) is 0.626. The number of anilines is 1. The van der Waals surface area contributed by atoms with Crippen molar-refractivity contribution in [2.45, 2.75) is 24.8 Å². The maximum Gasteiger partial charge on any atom is 0.262 e. The van der Waals surface area contributed by atoms with E-state index in [1.807, 2.05) is 0 Å². The molecule has 3 N–H and O–H groups in total. The Kier molecular flexibility index (Phi) is 3.84. The number of nitrogen functional groups attached to an aromatic ring is 1. The van der Waals surface area contributed by atoms with Crippen molar-refractivity contribution in [2.75, 3.05) is 18.5 Å². The zero-order valence-electron chi connectivity index (χ0n) is 10.3. The fourth-order valence-corrected chi connectivity index (χ4v) is 3.59. The molecule has 0 amide bonds. The van der Waals surface area contributed by atoms with Gasteiger partial charge in [0.05, 0.1) is 5.69 Å². The van der Waals surface area contributed by atoms with Crippen LogP contribution in [0.5, 0.6) is 0 Å². The SMILES string of the molecule is CC1CCN(S(=O)(=O)c2ncccc2NN)CC1. The Bertz CT molecular complexity index is 510. The summed E-state index contributed by atoms with van der Waals surface area (Å²) in [5.74, 6) is 5.90. The van der Waals surface area contributed by atoms with E-state index < -0.39 is 10.0 Å². The molecule has 0 saturated carbocycles. The fraction of sp³-hybridized carbons (Fsp3) is 0.545. The van der Waals surface area contributed by atoms with Crippen molar-refractivity contribution in [3.05, 3.63) is 18.3 Å². The van der Waals surface area contributed by atoms with Crippen LogP contribution in [-0.2, 0) is 10.0 Å². The van der Waals surface area contributed by atoms with Crippen molar-refractivity contribution in [3.63, 3.8) is 0 Å². The number of sulfonamides is 1. The molecule has 6 nitrogen and oxygen atoms in total. The minimum absolute atomic E-state index is 0.00190. The van der Waals surface area contributed by atoms with Crippen molar-refractivity contribution < 1.29 is 8.42 Å². The molecule has 0 bridgehead atoms. The molecule has 0 spiro atoms. The van der Waals surface area contributed by atoms with Crippen LogP contribution in [0.3, 0.4) is 0 Å². The number of aromatic nitrogens is 1. The van der Waals surface area contributed by atoms with Gasteiger partial charge in [-0.1, -0.05) is 6.92 Å². The highest BCUT2D eigenvalue weighted by molar-refractivity contribution is 7.89. The Morgan fingerprint density at radius 3 is 2.72 bits per heavy atom. The zero-order chi connectivity index (χ0) is 13.2. The molecule has 0 aromatic carbocycles. The van der Waals surface area contributed by atoms with Gasteiger partial charge in [-0.2, -0.15) is 4.31 Å². The van der Waals surface area contributed by atoms with Gasteiger partial charge in [0.1, 0.15) is 0 Å². The van der Waals surface area contributed by atoms with E-state index in [1.54, 1.807) is 12.1 Å². The molecule has 1 aromatic rings. The number of nitrogens with zero attached hydrogens (tertiary/aromatic N) is 2. The number of hydrogen-bond acceptors (Lipinski definition) is 5. The van der Waals surface area contributed by atoms with E-state index in [4.69, 9.17) is 5.84 Å². The van der Waals surface area contributed by atoms with Gasteiger partial charge in [0.25, 0.3) is 10.0 Å². The maximum atomic E-state index is 12.4. The van der Waals surface area contributed by atoms with Crippen molar-refractivity contribution in [1.29, 1.82) is 0 Å². The summed E-state index contributed by atoms with van der Waals surface area (Å²) >= 11 is 0. The summed E-state index contributed by atoms with van der Waals surface area (Å²) in [5.41, 5.74) is 2.71. The first kappa shape index (κ1) is 13.3. The van der Waals surface area contributed by atoms with E-state index >= 15 is 0 Å². The van der Waals surface area contributed by atoms with E-state index in [1.165, 1.54) is 10.5 Å². The van der Waals surface area contributed by atoms with Gasteiger partial charge >= 0.3 is 0 Å². The molecule has 7 heteroatoms. The van der Waals surface area contributed by atoms with E-state index in [-0.39, 0.29) is 5.03 Å². The third-order valence-corrected chi connectivity index (χ3v) is 5.11. The Morgan fingerprint density at radius 1 is 1.44 bits per heavy atom. The molecule has 0 atom stereocenters. The van der Waals surface area contributed by atoms with Crippen molar-refractivity contribution in [2.24, 2.45) is 11.8 Å². The lowest BCUT2D eigenvalue weighted by molar-refractivity contribution is 0.287. The molecular formula is C11H18N4O2S. The van der Waals surface area contributed by atoms with Crippen molar-refractivity contribution in [1.82, 2.24) is 9.29 Å². The van der Waals surface area contributed by atoms with Crippen LogP contribution in [0.2, 0.25) is 0 Å². The molecule has 0 aliphatic carbocycles. The van der Waals surface area contributed by atoms with Gasteiger partial charge in [-0.25, -0.2) is 13.4 Å². The Morgan fingerprint density at radius 2 is 2.11 bits per heavy atom. The van der Waals surface area contributed by atoms with Gasteiger partial charge in [-0.05, 0) is 30.9 Å². The van der Waals surface area contributed by atoms with Crippen LogP contribution < -0.4 is 11.3 Å². The average Bonchev–Trinajstić information content (AvgIpc) is 2.39. The normalized spacial score (nSPS) is 18.8. The number of pyridine rings is 1. The van der Waals surface area contributed by atoms with Gasteiger partial charge in [-0.3, -0.25) is 5.84 Å². The summed E-state index contributed by atoms with van der Waals surface area (Å²) in [6.07, 6.45) is 3.23. The molecule has 100 valence electrons. The topological polar surface area (TPSA) is 88.3 Å². The minimum Gasteiger partial charge on any atom is -0.321 e. The molecule has 1 aliphatic rings. The fourth-order valence-electron chi connectivity index (χ4n) is 2.05. The standard InChI is InChI=1S/C11H18N4O2S/c1-9-4-7-15(8-5-9)18(16,17)11-10(14-12)3-2-6-13-11/h2-3,6,9,14H,4-5,7-8,12H2,1H3. The monoisotopic (exact) mass is 270 g/mol. The lowest BCUT2D eigenvalue weighted by atomic mass is 10.0. The van der Waals surface area contributed by atoms with E-state index in [0.29, 0.717) is 24.7 Å². The predicted molar refractivity (Wildman–Crippen MR) is 69.2 cm³/mol. The Balaban J connectivity index is 2.30. The molecule has 1 saturated heterocycles. The maximum absolute atomic E-state index is 12.4. The lowest BCUT2D eigenvalue weighted by Gasteiger charge is -2.29. The van der Waals surface area contributed by atoms with E-state index in [0.717, 1.165) is 12.8 Å². The highest BCUT2D eigenvalue weighted by Crippen LogP contribution is 2.25. The van der Waals surface area contributed by atoms with Gasteiger partial charge in [0, 0.05) is 19.3 Å². The Labute approximate surface area is 107 Å². The van der Waals surface area contributed by atoms with Gasteiger partial charge in [0.2, 0.25) is 0 Å². The van der Waals surface area contributed by atoms with Gasteiger partial charge < -0.3 is 5.43 Å². The average molecular weight is 270 g/mol. The molecule has 18 heavy (non-hydrogen) atoms. The summed E-state index contributed by atoms with van der Waals surface area (Å²) in [4.78, 5) is 3.94. The Hall–Kier alpha value is -1.18. The van der Waals surface area contributed by atoms with E-state index in [2.05, 4.69) is 17.3 Å². The molecule has 0 unspecified atom stereocenters. The second kappa shape index (κ2) is 5.21. The molecule has 1 aliphatic heterocycles. The predicted octanol–water partition coefficient (Wildman–Crippen LogP) is 0.788. The summed E-state index contributed by atoms with van der Waals surface area (Å²) in [5, 5.41) is 0.00190. The van der Waals surface area contributed by atoms with Crippen LogP contribution in [0.15, 0.2) is 23.4 Å². The molecule has 2 rings (SSSR count). The smallest absolute Gasteiger partial charge is 0.262 e. The molecule has 1 fully saturated rings. The second-order valence-corrected chi connectivity index (χ2v) is 6.44. The number of nitrogens with two attached hydrogens (primary N) is 1. The first-order valence-electron chi connectivity index (χ1n) is 5.97. The molecule has 1 aromatic heterocycles. The largest absolute Gasteiger partial charge is 0.321 e. The minimum atomic E-state index is -3.55. The zero-order valence-corrected chi connectivity index (χ0v) is 11.2. The van der Waals surface area contributed by atoms with Crippen molar-refractivity contribution in [3.8, 4) is 0 Å².